The average molecular weight is 287 g/mol. The normalized spacial score (nSPS) is 10.0. The van der Waals surface area contributed by atoms with Gasteiger partial charge in [-0.05, 0) is 29.8 Å². The molecule has 0 aliphatic rings. The second-order valence-corrected chi connectivity index (χ2v) is 4.34. The zero-order valence-corrected chi connectivity index (χ0v) is 12.0. The van der Waals surface area contributed by atoms with Gasteiger partial charge in [-0.3, -0.25) is 4.79 Å². The van der Waals surface area contributed by atoms with Gasteiger partial charge in [0.1, 0.15) is 6.61 Å². The van der Waals surface area contributed by atoms with Crippen LogP contribution >= 0.6 is 0 Å². The summed E-state index contributed by atoms with van der Waals surface area (Å²) in [5, 5.41) is 0. The van der Waals surface area contributed by atoms with Crippen molar-refractivity contribution in [3.63, 3.8) is 0 Å². The van der Waals surface area contributed by atoms with Gasteiger partial charge in [-0.25, -0.2) is 0 Å². The maximum Gasteiger partial charge on any atom is 0.248 e. The van der Waals surface area contributed by atoms with Crippen molar-refractivity contribution in [2.24, 2.45) is 5.73 Å². The van der Waals surface area contributed by atoms with Crippen molar-refractivity contribution >= 4 is 5.91 Å². The number of nitrogens with two attached hydrogens (primary N) is 1. The lowest BCUT2D eigenvalue weighted by Crippen LogP contribution is -2.10. The molecule has 0 unspecified atom stereocenters. The minimum absolute atomic E-state index is 0.329. The number of rotatable bonds is 6. The molecule has 2 rings (SSSR count). The summed E-state index contributed by atoms with van der Waals surface area (Å²) < 4.78 is 16.3. The van der Waals surface area contributed by atoms with Gasteiger partial charge in [-0.2, -0.15) is 0 Å². The first-order valence-electron chi connectivity index (χ1n) is 6.38. The number of para-hydroxylation sites is 1. The quantitative estimate of drug-likeness (QED) is 0.885. The van der Waals surface area contributed by atoms with Gasteiger partial charge in [-0.15, -0.1) is 0 Å². The van der Waals surface area contributed by atoms with Crippen LogP contribution in [0.25, 0.3) is 0 Å². The molecule has 110 valence electrons. The van der Waals surface area contributed by atoms with E-state index in [0.29, 0.717) is 29.4 Å². The number of carbonyl (C=O) groups is 1. The zero-order chi connectivity index (χ0) is 15.2. The molecule has 0 aromatic heterocycles. The lowest BCUT2D eigenvalue weighted by atomic mass is 10.1. The number of carbonyl (C=O) groups excluding carboxylic acids is 1. The van der Waals surface area contributed by atoms with E-state index < -0.39 is 5.91 Å². The van der Waals surface area contributed by atoms with E-state index in [4.69, 9.17) is 19.9 Å². The fourth-order valence-corrected chi connectivity index (χ4v) is 1.88. The summed E-state index contributed by atoms with van der Waals surface area (Å²) in [6.07, 6.45) is 0. The molecule has 0 aliphatic carbocycles. The summed E-state index contributed by atoms with van der Waals surface area (Å²) in [7, 11) is 3.15. The molecule has 2 aromatic rings. The van der Waals surface area contributed by atoms with Crippen LogP contribution in [0.2, 0.25) is 0 Å². The predicted molar refractivity (Wildman–Crippen MR) is 78.8 cm³/mol. The predicted octanol–water partition coefficient (Wildman–Crippen LogP) is 2.38. The Morgan fingerprint density at radius 3 is 2.05 bits per heavy atom. The van der Waals surface area contributed by atoms with Gasteiger partial charge in [0.25, 0.3) is 0 Å². The second-order valence-electron chi connectivity index (χ2n) is 4.34. The van der Waals surface area contributed by atoms with Crippen LogP contribution in [0.15, 0.2) is 42.5 Å². The monoisotopic (exact) mass is 287 g/mol. The lowest BCUT2D eigenvalue weighted by Gasteiger charge is -2.14. The van der Waals surface area contributed by atoms with Crippen LogP contribution in [0.3, 0.4) is 0 Å². The van der Waals surface area contributed by atoms with Gasteiger partial charge in [0, 0.05) is 5.56 Å². The number of primary amides is 1. The van der Waals surface area contributed by atoms with Crippen molar-refractivity contribution in [2.45, 2.75) is 6.61 Å². The van der Waals surface area contributed by atoms with E-state index in [0.717, 1.165) is 5.56 Å². The van der Waals surface area contributed by atoms with E-state index in [9.17, 15) is 4.79 Å². The van der Waals surface area contributed by atoms with Crippen LogP contribution in [0.4, 0.5) is 0 Å². The molecule has 0 atom stereocenters. The molecular formula is C16H17NO4. The minimum Gasteiger partial charge on any atom is -0.493 e. The molecule has 0 bridgehead atoms. The van der Waals surface area contributed by atoms with E-state index in [1.165, 1.54) is 0 Å². The van der Waals surface area contributed by atoms with Crippen LogP contribution in [0, 0.1) is 0 Å². The molecule has 5 heteroatoms. The van der Waals surface area contributed by atoms with Gasteiger partial charge in [-0.1, -0.05) is 18.2 Å². The summed E-state index contributed by atoms with van der Waals surface area (Å²) >= 11 is 0. The maximum absolute atomic E-state index is 11.0. The van der Waals surface area contributed by atoms with Gasteiger partial charge in [0.2, 0.25) is 11.7 Å². The Balaban J connectivity index is 2.14. The summed E-state index contributed by atoms with van der Waals surface area (Å²) in [5.74, 6) is 1.29. The third kappa shape index (κ3) is 3.45. The first kappa shape index (κ1) is 14.7. The van der Waals surface area contributed by atoms with Crippen molar-refractivity contribution in [2.75, 3.05) is 14.2 Å². The highest BCUT2D eigenvalue weighted by atomic mass is 16.5. The number of amides is 1. The lowest BCUT2D eigenvalue weighted by molar-refractivity contribution is 0.1000. The molecule has 0 heterocycles. The summed E-state index contributed by atoms with van der Waals surface area (Å²) in [6.45, 7) is 0.329. The molecule has 0 radical (unpaired) electrons. The Kier molecular flexibility index (Phi) is 4.66. The molecule has 2 N–H and O–H groups in total. The van der Waals surface area contributed by atoms with E-state index in [1.807, 2.05) is 6.07 Å². The number of ether oxygens (including phenoxy) is 3. The fraction of sp³-hybridized carbons (Fsp3) is 0.188. The molecule has 1 amide bonds. The fourth-order valence-electron chi connectivity index (χ4n) is 1.88. The smallest absolute Gasteiger partial charge is 0.248 e. The highest BCUT2D eigenvalue weighted by Crippen LogP contribution is 2.37. The Bertz CT molecular complexity index is 600. The molecular weight excluding hydrogens is 270 g/mol. The molecule has 0 spiro atoms. The first-order chi connectivity index (χ1) is 10.2. The average Bonchev–Trinajstić information content (AvgIpc) is 2.52. The van der Waals surface area contributed by atoms with E-state index >= 15 is 0 Å². The largest absolute Gasteiger partial charge is 0.493 e. The van der Waals surface area contributed by atoms with Gasteiger partial charge < -0.3 is 19.9 Å². The molecule has 0 aliphatic heterocycles. The SMILES string of the molecule is COc1cccc(OC)c1OCc1ccc(C(N)=O)cc1. The minimum atomic E-state index is -0.450. The number of benzene rings is 2. The van der Waals surface area contributed by atoms with Crippen LogP contribution in [0.1, 0.15) is 15.9 Å². The van der Waals surface area contributed by atoms with Crippen molar-refractivity contribution in [3.8, 4) is 17.2 Å². The third-order valence-corrected chi connectivity index (χ3v) is 3.00. The Morgan fingerprint density at radius 2 is 1.57 bits per heavy atom. The number of hydrogen-bond donors (Lipinski definition) is 1. The van der Waals surface area contributed by atoms with Crippen LogP contribution < -0.4 is 19.9 Å². The van der Waals surface area contributed by atoms with Gasteiger partial charge in [0.15, 0.2) is 11.5 Å². The van der Waals surface area contributed by atoms with Crippen molar-refractivity contribution < 1.29 is 19.0 Å². The number of hydrogen-bond acceptors (Lipinski definition) is 4. The molecule has 0 saturated carbocycles. The highest BCUT2D eigenvalue weighted by Gasteiger charge is 2.11. The molecule has 2 aromatic carbocycles. The van der Waals surface area contributed by atoms with Crippen molar-refractivity contribution in [1.29, 1.82) is 0 Å². The molecule has 5 nitrogen and oxygen atoms in total. The summed E-state index contributed by atoms with van der Waals surface area (Å²) in [6, 6.07) is 12.3. The number of methoxy groups -OCH3 is 2. The van der Waals surface area contributed by atoms with Crippen molar-refractivity contribution in [3.05, 3.63) is 53.6 Å². The molecule has 21 heavy (non-hydrogen) atoms. The maximum atomic E-state index is 11.0. The summed E-state index contributed by atoms with van der Waals surface area (Å²) in [4.78, 5) is 11.0. The Hall–Kier alpha value is -2.69. The van der Waals surface area contributed by atoms with Crippen LogP contribution in [0.5, 0.6) is 17.2 Å². The Labute approximate surface area is 123 Å². The highest BCUT2D eigenvalue weighted by molar-refractivity contribution is 5.92. The van der Waals surface area contributed by atoms with E-state index in [2.05, 4.69) is 0 Å². The second kappa shape index (κ2) is 6.65. The topological polar surface area (TPSA) is 70.8 Å². The van der Waals surface area contributed by atoms with E-state index in [1.54, 1.807) is 50.6 Å². The van der Waals surface area contributed by atoms with E-state index in [-0.39, 0.29) is 0 Å². The first-order valence-corrected chi connectivity index (χ1v) is 6.38. The zero-order valence-electron chi connectivity index (χ0n) is 12.0. The molecule has 0 fully saturated rings. The Morgan fingerprint density at radius 1 is 1.00 bits per heavy atom. The third-order valence-electron chi connectivity index (χ3n) is 3.00. The molecule has 0 saturated heterocycles. The van der Waals surface area contributed by atoms with Gasteiger partial charge >= 0.3 is 0 Å². The van der Waals surface area contributed by atoms with Crippen LogP contribution in [-0.2, 0) is 6.61 Å². The van der Waals surface area contributed by atoms with Crippen LogP contribution in [-0.4, -0.2) is 20.1 Å². The van der Waals surface area contributed by atoms with Gasteiger partial charge in [0.05, 0.1) is 14.2 Å². The summed E-state index contributed by atoms with van der Waals surface area (Å²) in [5.41, 5.74) is 6.58. The van der Waals surface area contributed by atoms with Crippen molar-refractivity contribution in [1.82, 2.24) is 0 Å². The standard InChI is InChI=1S/C16H17NO4/c1-19-13-4-3-5-14(20-2)15(13)21-10-11-6-8-12(9-7-11)16(17)18/h3-9H,10H2,1-2H3,(H2,17,18).